The molecule has 2 saturated heterocycles. The van der Waals surface area contributed by atoms with Gasteiger partial charge in [0, 0.05) is 39.3 Å². The highest BCUT2D eigenvalue weighted by Gasteiger charge is 2.29. The van der Waals surface area contributed by atoms with Crippen molar-refractivity contribution in [3.8, 4) is 0 Å². The number of aryl methyl sites for hydroxylation is 1. The second-order valence-corrected chi connectivity index (χ2v) is 8.09. The summed E-state index contributed by atoms with van der Waals surface area (Å²) in [6, 6.07) is 7.14. The largest absolute Gasteiger partial charge is 0.377 e. The summed E-state index contributed by atoms with van der Waals surface area (Å²) in [6.07, 6.45) is 2.61. The molecule has 0 spiro atoms. The summed E-state index contributed by atoms with van der Waals surface area (Å²) in [5.74, 6) is 0. The summed E-state index contributed by atoms with van der Waals surface area (Å²) in [6.45, 7) is 6.39. The van der Waals surface area contributed by atoms with Gasteiger partial charge >= 0.3 is 0 Å². The van der Waals surface area contributed by atoms with E-state index in [9.17, 15) is 8.42 Å². The molecule has 0 bridgehead atoms. The Balaban J connectivity index is 1.60. The van der Waals surface area contributed by atoms with Gasteiger partial charge in [-0.2, -0.15) is 4.31 Å². The molecule has 2 heterocycles. The van der Waals surface area contributed by atoms with Gasteiger partial charge in [-0.1, -0.05) is 12.1 Å². The summed E-state index contributed by atoms with van der Waals surface area (Å²) in [5.41, 5.74) is 0.970. The van der Waals surface area contributed by atoms with Crippen LogP contribution in [0.15, 0.2) is 29.2 Å². The van der Waals surface area contributed by atoms with Gasteiger partial charge in [-0.15, -0.1) is 0 Å². The van der Waals surface area contributed by atoms with Gasteiger partial charge in [0.1, 0.15) is 0 Å². The van der Waals surface area contributed by atoms with E-state index in [1.165, 1.54) is 0 Å². The zero-order valence-electron chi connectivity index (χ0n) is 13.1. The van der Waals surface area contributed by atoms with Crippen LogP contribution in [-0.2, 0) is 14.8 Å². The minimum Gasteiger partial charge on any atom is -0.377 e. The topological polar surface area (TPSA) is 49.9 Å². The predicted molar refractivity (Wildman–Crippen MR) is 85.4 cm³/mol. The predicted octanol–water partition coefficient (Wildman–Crippen LogP) is 1.48. The normalized spacial score (nSPS) is 24.7. The fourth-order valence-electron chi connectivity index (χ4n) is 3.15. The summed E-state index contributed by atoms with van der Waals surface area (Å²) in [5, 5.41) is 0. The van der Waals surface area contributed by atoms with Gasteiger partial charge in [0.05, 0.1) is 11.0 Å². The Hall–Kier alpha value is -0.950. The molecule has 2 aliphatic rings. The molecule has 0 radical (unpaired) electrons. The van der Waals surface area contributed by atoms with Crippen LogP contribution in [-0.4, -0.2) is 63.1 Å². The number of ether oxygens (including phenoxy) is 1. The maximum absolute atomic E-state index is 12.7. The van der Waals surface area contributed by atoms with Gasteiger partial charge in [-0.05, 0) is 37.5 Å². The molecule has 1 unspecified atom stereocenters. The molecule has 2 fully saturated rings. The summed E-state index contributed by atoms with van der Waals surface area (Å²) in [4.78, 5) is 2.72. The second-order valence-electron chi connectivity index (χ2n) is 6.16. The van der Waals surface area contributed by atoms with Crippen LogP contribution in [0.4, 0.5) is 0 Å². The van der Waals surface area contributed by atoms with Gasteiger partial charge in [-0.25, -0.2) is 8.42 Å². The number of hydrogen-bond acceptors (Lipinski definition) is 4. The third-order valence-corrected chi connectivity index (χ3v) is 6.34. The smallest absolute Gasteiger partial charge is 0.243 e. The molecule has 0 saturated carbocycles. The van der Waals surface area contributed by atoms with Crippen molar-refractivity contribution in [1.29, 1.82) is 0 Å². The number of rotatable bonds is 4. The highest BCUT2D eigenvalue weighted by Crippen LogP contribution is 2.20. The maximum atomic E-state index is 12.7. The van der Waals surface area contributed by atoms with Crippen LogP contribution < -0.4 is 0 Å². The monoisotopic (exact) mass is 324 g/mol. The first-order valence-electron chi connectivity index (χ1n) is 7.96. The Labute approximate surface area is 132 Å². The molecule has 0 N–H and O–H groups in total. The average molecular weight is 324 g/mol. The van der Waals surface area contributed by atoms with Crippen molar-refractivity contribution < 1.29 is 13.2 Å². The van der Waals surface area contributed by atoms with Crippen LogP contribution in [0.3, 0.4) is 0 Å². The van der Waals surface area contributed by atoms with E-state index in [0.29, 0.717) is 24.1 Å². The molecule has 122 valence electrons. The Bertz CT molecular complexity index is 604. The summed E-state index contributed by atoms with van der Waals surface area (Å²) >= 11 is 0. The molecule has 3 rings (SSSR count). The van der Waals surface area contributed by atoms with Crippen molar-refractivity contribution in [2.24, 2.45) is 0 Å². The Morgan fingerprint density at radius 2 is 2.00 bits per heavy atom. The zero-order chi connectivity index (χ0) is 15.6. The maximum Gasteiger partial charge on any atom is 0.243 e. The lowest BCUT2D eigenvalue weighted by Crippen LogP contribution is -2.50. The number of benzene rings is 1. The number of sulfonamides is 1. The molecule has 1 aromatic carbocycles. The molecule has 22 heavy (non-hydrogen) atoms. The van der Waals surface area contributed by atoms with E-state index in [1.54, 1.807) is 22.5 Å². The number of hydrogen-bond donors (Lipinski definition) is 0. The molecule has 2 aliphatic heterocycles. The lowest BCUT2D eigenvalue weighted by atomic mass is 10.2. The van der Waals surface area contributed by atoms with E-state index in [-0.39, 0.29) is 0 Å². The Morgan fingerprint density at radius 3 is 2.64 bits per heavy atom. The van der Waals surface area contributed by atoms with E-state index < -0.39 is 10.0 Å². The fourth-order valence-corrected chi connectivity index (χ4v) is 4.68. The first kappa shape index (κ1) is 15.9. The first-order valence-corrected chi connectivity index (χ1v) is 9.40. The van der Waals surface area contributed by atoms with Gasteiger partial charge in [0.25, 0.3) is 0 Å². The molecule has 0 amide bonds. The third-order valence-electron chi connectivity index (χ3n) is 4.44. The Morgan fingerprint density at radius 1 is 1.23 bits per heavy atom. The molecule has 0 aliphatic carbocycles. The van der Waals surface area contributed by atoms with Crippen LogP contribution in [0.25, 0.3) is 0 Å². The minimum absolute atomic E-state index is 0.333. The fraction of sp³-hybridized carbons (Fsp3) is 0.625. The van der Waals surface area contributed by atoms with Crippen molar-refractivity contribution >= 4 is 10.0 Å². The average Bonchev–Trinajstić information content (AvgIpc) is 3.01. The van der Waals surface area contributed by atoms with Crippen LogP contribution >= 0.6 is 0 Å². The lowest BCUT2D eigenvalue weighted by molar-refractivity contribution is 0.0617. The van der Waals surface area contributed by atoms with Crippen LogP contribution in [0.1, 0.15) is 18.4 Å². The SMILES string of the molecule is Cc1cccc(S(=O)(=O)N2CCN(CC3CCCO3)CC2)c1. The van der Waals surface area contributed by atoms with Crippen LogP contribution in [0.2, 0.25) is 0 Å². The standard InChI is InChI=1S/C16H24N2O3S/c1-14-4-2-6-16(12-14)22(19,20)18-9-7-17(8-10-18)13-15-5-3-11-21-15/h2,4,6,12,15H,3,5,7-11,13H2,1H3. The highest BCUT2D eigenvalue weighted by molar-refractivity contribution is 7.89. The van der Waals surface area contributed by atoms with Crippen molar-refractivity contribution in [1.82, 2.24) is 9.21 Å². The lowest BCUT2D eigenvalue weighted by Gasteiger charge is -2.35. The van der Waals surface area contributed by atoms with Gasteiger partial charge in [0.15, 0.2) is 0 Å². The number of nitrogens with zero attached hydrogens (tertiary/aromatic N) is 2. The van der Waals surface area contributed by atoms with Crippen molar-refractivity contribution in [3.05, 3.63) is 29.8 Å². The molecular formula is C16H24N2O3S. The third kappa shape index (κ3) is 3.51. The molecule has 5 nitrogen and oxygen atoms in total. The van der Waals surface area contributed by atoms with E-state index in [2.05, 4.69) is 4.90 Å². The molecule has 6 heteroatoms. The molecular weight excluding hydrogens is 300 g/mol. The van der Waals surface area contributed by atoms with E-state index in [0.717, 1.165) is 44.6 Å². The van der Waals surface area contributed by atoms with Gasteiger partial charge in [-0.3, -0.25) is 4.90 Å². The Kier molecular flexibility index (Phi) is 4.82. The van der Waals surface area contributed by atoms with Crippen LogP contribution in [0, 0.1) is 6.92 Å². The zero-order valence-corrected chi connectivity index (χ0v) is 13.9. The van der Waals surface area contributed by atoms with E-state index >= 15 is 0 Å². The van der Waals surface area contributed by atoms with Crippen LogP contribution in [0.5, 0.6) is 0 Å². The van der Waals surface area contributed by atoms with E-state index in [1.807, 2.05) is 13.0 Å². The van der Waals surface area contributed by atoms with Crippen molar-refractivity contribution in [3.63, 3.8) is 0 Å². The van der Waals surface area contributed by atoms with E-state index in [4.69, 9.17) is 4.74 Å². The second kappa shape index (κ2) is 6.66. The summed E-state index contributed by atoms with van der Waals surface area (Å²) in [7, 11) is -3.36. The summed E-state index contributed by atoms with van der Waals surface area (Å²) < 4.78 is 32.6. The molecule has 0 aromatic heterocycles. The van der Waals surface area contributed by atoms with Crippen molar-refractivity contribution in [2.45, 2.75) is 30.8 Å². The highest BCUT2D eigenvalue weighted by atomic mass is 32.2. The van der Waals surface area contributed by atoms with Gasteiger partial charge < -0.3 is 4.74 Å². The minimum atomic E-state index is -3.36. The first-order chi connectivity index (χ1) is 10.6. The molecule has 1 aromatic rings. The quantitative estimate of drug-likeness (QED) is 0.842. The van der Waals surface area contributed by atoms with Crippen molar-refractivity contribution in [2.75, 3.05) is 39.3 Å². The van der Waals surface area contributed by atoms with Gasteiger partial charge in [0.2, 0.25) is 10.0 Å². The number of piperazine rings is 1. The molecule has 1 atom stereocenters.